The molecule has 2 heterocycles. The van der Waals surface area contributed by atoms with E-state index in [1.165, 1.54) is 0 Å². The lowest BCUT2D eigenvalue weighted by molar-refractivity contribution is -0.143. The van der Waals surface area contributed by atoms with Crippen molar-refractivity contribution in [2.45, 2.75) is 64.6 Å². The number of hydrogen-bond donors (Lipinski definition) is 1. The number of nitrogens with zero attached hydrogens (tertiary/aromatic N) is 3. The third-order valence-electron chi connectivity index (χ3n) is 5.79. The topological polar surface area (TPSA) is 103 Å². The highest BCUT2D eigenvalue weighted by molar-refractivity contribution is 5.91. The zero-order valence-corrected chi connectivity index (χ0v) is 19.1. The lowest BCUT2D eigenvalue weighted by atomic mass is 9.97. The number of benzene rings is 1. The van der Waals surface area contributed by atoms with Gasteiger partial charge >= 0.3 is 6.09 Å². The molecule has 3 rings (SSSR count). The summed E-state index contributed by atoms with van der Waals surface area (Å²) in [5.74, 6) is 0.0817. The van der Waals surface area contributed by atoms with Crippen molar-refractivity contribution >= 4 is 17.9 Å². The van der Waals surface area contributed by atoms with Crippen LogP contribution in [0, 0.1) is 17.2 Å². The first-order valence-corrected chi connectivity index (χ1v) is 11.2. The number of ether oxygens (including phenoxy) is 1. The number of rotatable bonds is 5. The number of hydrogen-bond acceptors (Lipinski definition) is 5. The Morgan fingerprint density at radius 1 is 1.28 bits per heavy atom. The molecule has 1 aromatic rings. The van der Waals surface area contributed by atoms with Crippen LogP contribution < -0.4 is 5.32 Å². The number of carbonyl (C=O) groups excluding carboxylic acids is 3. The minimum absolute atomic E-state index is 0.0331. The third-order valence-corrected chi connectivity index (χ3v) is 5.79. The normalized spacial score (nSPS) is 21.2. The molecule has 0 aliphatic carbocycles. The molecule has 0 bridgehead atoms. The van der Waals surface area contributed by atoms with Crippen molar-refractivity contribution < 1.29 is 19.1 Å². The molecule has 3 amide bonds. The average molecular weight is 441 g/mol. The number of alkyl carbamates (subject to hydrolysis) is 1. The van der Waals surface area contributed by atoms with E-state index < -0.39 is 17.7 Å². The summed E-state index contributed by atoms with van der Waals surface area (Å²) < 4.78 is 5.29. The Morgan fingerprint density at radius 2 is 2.06 bits per heavy atom. The maximum atomic E-state index is 13.3. The second kappa shape index (κ2) is 10.0. The van der Waals surface area contributed by atoms with E-state index >= 15 is 0 Å². The predicted octanol–water partition coefficient (Wildman–Crippen LogP) is 2.81. The lowest BCUT2D eigenvalue weighted by Crippen LogP contribution is -2.51. The van der Waals surface area contributed by atoms with Crippen LogP contribution in [0.3, 0.4) is 0 Å². The van der Waals surface area contributed by atoms with Gasteiger partial charge in [-0.3, -0.25) is 9.59 Å². The fourth-order valence-corrected chi connectivity index (χ4v) is 4.31. The molecule has 0 saturated carbocycles. The summed E-state index contributed by atoms with van der Waals surface area (Å²) in [5.41, 5.74) is 0.827. The van der Waals surface area contributed by atoms with Gasteiger partial charge in [-0.2, -0.15) is 5.26 Å². The van der Waals surface area contributed by atoms with Gasteiger partial charge in [0.2, 0.25) is 11.8 Å². The van der Waals surface area contributed by atoms with Gasteiger partial charge in [0.15, 0.2) is 0 Å². The van der Waals surface area contributed by atoms with Crippen LogP contribution in [-0.4, -0.2) is 59.0 Å². The third kappa shape index (κ3) is 6.22. The molecule has 2 fully saturated rings. The molecule has 172 valence electrons. The molecule has 0 spiro atoms. The number of carbonyl (C=O) groups is 3. The van der Waals surface area contributed by atoms with E-state index in [1.807, 2.05) is 31.7 Å². The van der Waals surface area contributed by atoms with E-state index in [2.05, 4.69) is 11.4 Å². The lowest BCUT2D eigenvalue weighted by Gasteiger charge is -2.36. The van der Waals surface area contributed by atoms with E-state index in [-0.39, 0.29) is 17.7 Å². The molecule has 2 atom stereocenters. The smallest absolute Gasteiger partial charge is 0.407 e. The number of amides is 3. The molecule has 1 aromatic carbocycles. The molecule has 0 radical (unpaired) electrons. The van der Waals surface area contributed by atoms with E-state index in [9.17, 15) is 14.4 Å². The maximum absolute atomic E-state index is 13.3. The molecule has 2 aliphatic heterocycles. The summed E-state index contributed by atoms with van der Waals surface area (Å²) in [6, 6.07) is 8.76. The minimum atomic E-state index is -0.552. The van der Waals surface area contributed by atoms with Gasteiger partial charge in [-0.25, -0.2) is 4.79 Å². The summed E-state index contributed by atoms with van der Waals surface area (Å²) >= 11 is 0. The monoisotopic (exact) mass is 440 g/mol. The van der Waals surface area contributed by atoms with Crippen molar-refractivity contribution in [3.63, 3.8) is 0 Å². The predicted molar refractivity (Wildman–Crippen MR) is 118 cm³/mol. The highest BCUT2D eigenvalue weighted by Crippen LogP contribution is 2.26. The minimum Gasteiger partial charge on any atom is -0.444 e. The van der Waals surface area contributed by atoms with Crippen LogP contribution in [0.5, 0.6) is 0 Å². The van der Waals surface area contributed by atoms with Gasteiger partial charge in [-0.15, -0.1) is 0 Å². The van der Waals surface area contributed by atoms with Gasteiger partial charge in [-0.1, -0.05) is 12.1 Å². The number of piperidine rings is 1. The highest BCUT2D eigenvalue weighted by Gasteiger charge is 2.39. The Labute approximate surface area is 189 Å². The summed E-state index contributed by atoms with van der Waals surface area (Å²) in [5, 5.41) is 11.9. The summed E-state index contributed by atoms with van der Waals surface area (Å²) in [6.45, 7) is 7.44. The Kier molecular flexibility index (Phi) is 7.39. The standard InChI is InChI=1S/C24H32N4O4/c1-24(2,3)32-23(31)26-14-19-8-5-11-27(15-19)22(30)20-9-10-21(29)28(20)16-18-7-4-6-17(12-18)13-25/h4,6-7,12,19-20H,5,8-11,14-16H2,1-3H3,(H,26,31)/t19-,20-/m0/s1. The van der Waals surface area contributed by atoms with Crippen LogP contribution >= 0.6 is 0 Å². The molecular formula is C24H32N4O4. The first kappa shape index (κ1) is 23.6. The van der Waals surface area contributed by atoms with Gasteiger partial charge in [-0.05, 0) is 63.6 Å². The summed E-state index contributed by atoms with van der Waals surface area (Å²) in [6.07, 6.45) is 2.19. The van der Waals surface area contributed by atoms with Crippen molar-refractivity contribution in [2.75, 3.05) is 19.6 Å². The second-order valence-electron chi connectivity index (χ2n) is 9.56. The van der Waals surface area contributed by atoms with Gasteiger partial charge in [0.05, 0.1) is 11.6 Å². The largest absolute Gasteiger partial charge is 0.444 e. The van der Waals surface area contributed by atoms with Crippen LogP contribution in [0.2, 0.25) is 0 Å². The van der Waals surface area contributed by atoms with Crippen molar-refractivity contribution in [2.24, 2.45) is 5.92 Å². The SMILES string of the molecule is CC(C)(C)OC(=O)NC[C@@H]1CCCN(C(=O)[C@@H]2CCC(=O)N2Cc2cccc(C#N)c2)C1. The number of likely N-dealkylation sites (tertiary alicyclic amines) is 2. The Bertz CT molecular complexity index is 902. The molecule has 8 nitrogen and oxygen atoms in total. The molecule has 2 saturated heterocycles. The Morgan fingerprint density at radius 3 is 2.78 bits per heavy atom. The number of nitriles is 1. The molecular weight excluding hydrogens is 408 g/mol. The first-order chi connectivity index (χ1) is 15.2. The van der Waals surface area contributed by atoms with Crippen LogP contribution in [0.1, 0.15) is 57.6 Å². The van der Waals surface area contributed by atoms with E-state index in [4.69, 9.17) is 10.00 Å². The maximum Gasteiger partial charge on any atom is 0.407 e. The number of nitrogens with one attached hydrogen (secondary N) is 1. The van der Waals surface area contributed by atoms with Crippen LogP contribution in [0.15, 0.2) is 24.3 Å². The highest BCUT2D eigenvalue weighted by atomic mass is 16.6. The van der Waals surface area contributed by atoms with E-state index in [0.29, 0.717) is 44.6 Å². The summed E-state index contributed by atoms with van der Waals surface area (Å²) in [7, 11) is 0. The van der Waals surface area contributed by atoms with Gasteiger partial charge in [0.1, 0.15) is 11.6 Å². The van der Waals surface area contributed by atoms with Crippen molar-refractivity contribution in [1.29, 1.82) is 5.26 Å². The first-order valence-electron chi connectivity index (χ1n) is 11.2. The molecule has 2 aliphatic rings. The molecule has 1 N–H and O–H groups in total. The fraction of sp³-hybridized carbons (Fsp3) is 0.583. The quantitative estimate of drug-likeness (QED) is 0.758. The van der Waals surface area contributed by atoms with Crippen LogP contribution in [-0.2, 0) is 20.9 Å². The zero-order chi connectivity index (χ0) is 23.3. The van der Waals surface area contributed by atoms with Gasteiger partial charge in [0, 0.05) is 32.6 Å². The van der Waals surface area contributed by atoms with Crippen LogP contribution in [0.25, 0.3) is 0 Å². The molecule has 8 heteroatoms. The van der Waals surface area contributed by atoms with Crippen LogP contribution in [0.4, 0.5) is 4.79 Å². The van der Waals surface area contributed by atoms with E-state index in [0.717, 1.165) is 18.4 Å². The molecule has 0 unspecified atom stereocenters. The molecule has 32 heavy (non-hydrogen) atoms. The van der Waals surface area contributed by atoms with E-state index in [1.54, 1.807) is 23.1 Å². The summed E-state index contributed by atoms with van der Waals surface area (Å²) in [4.78, 5) is 41.2. The fourth-order valence-electron chi connectivity index (χ4n) is 4.31. The zero-order valence-electron chi connectivity index (χ0n) is 19.1. The Balaban J connectivity index is 1.59. The van der Waals surface area contributed by atoms with Crippen molar-refractivity contribution in [3.8, 4) is 6.07 Å². The van der Waals surface area contributed by atoms with Gasteiger partial charge < -0.3 is 19.9 Å². The van der Waals surface area contributed by atoms with Gasteiger partial charge in [0.25, 0.3) is 0 Å². The van der Waals surface area contributed by atoms with Crippen molar-refractivity contribution in [1.82, 2.24) is 15.1 Å². The van der Waals surface area contributed by atoms with Crippen molar-refractivity contribution in [3.05, 3.63) is 35.4 Å². The average Bonchev–Trinajstić information content (AvgIpc) is 3.11. The second-order valence-corrected chi connectivity index (χ2v) is 9.56. The molecule has 0 aromatic heterocycles. The Hall–Kier alpha value is -3.08.